The molecule has 0 amide bonds. The summed E-state index contributed by atoms with van der Waals surface area (Å²) in [5, 5.41) is 3.71. The van der Waals surface area contributed by atoms with E-state index in [-0.39, 0.29) is 5.54 Å². The minimum atomic E-state index is 0.148. The van der Waals surface area contributed by atoms with Gasteiger partial charge < -0.3 is 15.8 Å². The lowest BCUT2D eigenvalue weighted by atomic mass is 9.89. The van der Waals surface area contributed by atoms with E-state index in [1.165, 1.54) is 0 Å². The van der Waals surface area contributed by atoms with Gasteiger partial charge in [-0.1, -0.05) is 12.2 Å². The smallest absolute Gasteiger partial charge is 0.0484 e. The first-order valence-corrected chi connectivity index (χ1v) is 5.55. The summed E-state index contributed by atoms with van der Waals surface area (Å²) in [5.74, 6) is 0. The van der Waals surface area contributed by atoms with Gasteiger partial charge >= 0.3 is 0 Å². The quantitative estimate of drug-likeness (QED) is 0.656. The van der Waals surface area contributed by atoms with E-state index in [0.29, 0.717) is 6.04 Å². The third kappa shape index (κ3) is 2.16. The van der Waals surface area contributed by atoms with Crippen LogP contribution in [-0.2, 0) is 4.74 Å². The molecule has 0 bridgehead atoms. The van der Waals surface area contributed by atoms with Gasteiger partial charge in [0.15, 0.2) is 0 Å². The van der Waals surface area contributed by atoms with Gasteiger partial charge in [-0.15, -0.1) is 0 Å². The van der Waals surface area contributed by atoms with Crippen LogP contribution < -0.4 is 11.1 Å². The molecule has 1 aliphatic carbocycles. The Morgan fingerprint density at radius 1 is 1.29 bits per heavy atom. The molecule has 0 atom stereocenters. The predicted octanol–water partition coefficient (Wildman–Crippen LogP) is 0.802. The van der Waals surface area contributed by atoms with Gasteiger partial charge in [0.1, 0.15) is 0 Å². The van der Waals surface area contributed by atoms with E-state index in [2.05, 4.69) is 17.5 Å². The average Bonchev–Trinajstić information content (AvgIpc) is 2.72. The summed E-state index contributed by atoms with van der Waals surface area (Å²) in [5.41, 5.74) is 6.03. The minimum Gasteiger partial charge on any atom is -0.381 e. The molecule has 1 aliphatic heterocycles. The van der Waals surface area contributed by atoms with E-state index in [9.17, 15) is 0 Å². The fourth-order valence-electron chi connectivity index (χ4n) is 2.34. The molecule has 0 unspecified atom stereocenters. The Labute approximate surface area is 85.7 Å². The first kappa shape index (κ1) is 10.1. The molecular formula is C11H20N2O. The van der Waals surface area contributed by atoms with E-state index in [1.54, 1.807) is 0 Å². The first-order valence-electron chi connectivity index (χ1n) is 5.55. The standard InChI is InChI=1S/C11H20N2O/c12-9-11(5-7-14-8-6-11)13-10-3-1-2-4-10/h1-2,10,13H,3-9,12H2. The van der Waals surface area contributed by atoms with Gasteiger partial charge in [0.2, 0.25) is 0 Å². The Balaban J connectivity index is 1.90. The molecule has 2 rings (SSSR count). The summed E-state index contributed by atoms with van der Waals surface area (Å²) in [6, 6.07) is 0.608. The van der Waals surface area contributed by atoms with E-state index in [4.69, 9.17) is 10.5 Å². The highest BCUT2D eigenvalue weighted by atomic mass is 16.5. The van der Waals surface area contributed by atoms with Crippen LogP contribution in [-0.4, -0.2) is 31.3 Å². The fraction of sp³-hybridized carbons (Fsp3) is 0.818. The predicted molar refractivity (Wildman–Crippen MR) is 57.1 cm³/mol. The van der Waals surface area contributed by atoms with Crippen molar-refractivity contribution in [3.63, 3.8) is 0 Å². The van der Waals surface area contributed by atoms with Gasteiger partial charge in [0, 0.05) is 31.3 Å². The summed E-state index contributed by atoms with van der Waals surface area (Å²) in [6.45, 7) is 2.43. The van der Waals surface area contributed by atoms with Crippen molar-refractivity contribution in [2.24, 2.45) is 5.73 Å². The van der Waals surface area contributed by atoms with Crippen molar-refractivity contribution in [1.82, 2.24) is 5.32 Å². The molecule has 2 aliphatic rings. The van der Waals surface area contributed by atoms with Crippen molar-refractivity contribution in [2.75, 3.05) is 19.8 Å². The zero-order chi connectivity index (χ0) is 9.86. The SMILES string of the molecule is NCC1(NC2CC=CC2)CCOCC1. The second-order valence-corrected chi connectivity index (χ2v) is 4.38. The van der Waals surface area contributed by atoms with Crippen LogP contribution in [0.2, 0.25) is 0 Å². The summed E-state index contributed by atoms with van der Waals surface area (Å²) < 4.78 is 5.38. The molecule has 1 fully saturated rings. The number of nitrogens with two attached hydrogens (primary N) is 1. The van der Waals surface area contributed by atoms with Gasteiger partial charge in [-0.05, 0) is 25.7 Å². The van der Waals surface area contributed by atoms with E-state index >= 15 is 0 Å². The van der Waals surface area contributed by atoms with Crippen molar-refractivity contribution in [2.45, 2.75) is 37.3 Å². The lowest BCUT2D eigenvalue weighted by Gasteiger charge is -2.39. The van der Waals surface area contributed by atoms with Gasteiger partial charge in [-0.3, -0.25) is 0 Å². The Morgan fingerprint density at radius 2 is 1.93 bits per heavy atom. The lowest BCUT2D eigenvalue weighted by Crippen LogP contribution is -2.57. The van der Waals surface area contributed by atoms with Gasteiger partial charge in [0.05, 0.1) is 0 Å². The highest BCUT2D eigenvalue weighted by Gasteiger charge is 2.32. The summed E-state index contributed by atoms with van der Waals surface area (Å²) in [6.07, 6.45) is 8.92. The monoisotopic (exact) mass is 196 g/mol. The van der Waals surface area contributed by atoms with Crippen LogP contribution in [0.5, 0.6) is 0 Å². The van der Waals surface area contributed by atoms with Gasteiger partial charge in [-0.2, -0.15) is 0 Å². The molecule has 0 aromatic rings. The largest absolute Gasteiger partial charge is 0.381 e. The van der Waals surface area contributed by atoms with Crippen LogP contribution in [0.25, 0.3) is 0 Å². The zero-order valence-electron chi connectivity index (χ0n) is 8.67. The summed E-state index contributed by atoms with van der Waals surface area (Å²) in [7, 11) is 0. The van der Waals surface area contributed by atoms with Gasteiger partial charge in [-0.25, -0.2) is 0 Å². The Kier molecular flexibility index (Phi) is 3.21. The van der Waals surface area contributed by atoms with Crippen LogP contribution in [0.3, 0.4) is 0 Å². The van der Waals surface area contributed by atoms with E-state index < -0.39 is 0 Å². The maximum absolute atomic E-state index is 5.88. The van der Waals surface area contributed by atoms with Crippen molar-refractivity contribution in [3.8, 4) is 0 Å². The number of nitrogens with one attached hydrogen (secondary N) is 1. The first-order chi connectivity index (χ1) is 6.85. The number of hydrogen-bond acceptors (Lipinski definition) is 3. The van der Waals surface area contributed by atoms with E-state index in [1.807, 2.05) is 0 Å². The molecule has 1 heterocycles. The lowest BCUT2D eigenvalue weighted by molar-refractivity contribution is 0.0371. The molecule has 0 spiro atoms. The molecule has 0 aromatic carbocycles. The van der Waals surface area contributed by atoms with Crippen molar-refractivity contribution in [3.05, 3.63) is 12.2 Å². The molecule has 1 saturated heterocycles. The summed E-state index contributed by atoms with van der Waals surface area (Å²) in [4.78, 5) is 0. The van der Waals surface area contributed by atoms with Crippen LogP contribution in [0.15, 0.2) is 12.2 Å². The molecular weight excluding hydrogens is 176 g/mol. The zero-order valence-corrected chi connectivity index (χ0v) is 8.67. The third-order valence-corrected chi connectivity index (χ3v) is 3.36. The number of rotatable bonds is 3. The van der Waals surface area contributed by atoms with Gasteiger partial charge in [0.25, 0.3) is 0 Å². The Morgan fingerprint density at radius 3 is 2.50 bits per heavy atom. The molecule has 3 heteroatoms. The molecule has 0 saturated carbocycles. The molecule has 3 nitrogen and oxygen atoms in total. The summed E-state index contributed by atoms with van der Waals surface area (Å²) >= 11 is 0. The highest BCUT2D eigenvalue weighted by Crippen LogP contribution is 2.22. The van der Waals surface area contributed by atoms with Crippen molar-refractivity contribution in [1.29, 1.82) is 0 Å². The number of ether oxygens (including phenoxy) is 1. The third-order valence-electron chi connectivity index (χ3n) is 3.36. The molecule has 0 aromatic heterocycles. The molecule has 14 heavy (non-hydrogen) atoms. The van der Waals surface area contributed by atoms with Crippen LogP contribution in [0, 0.1) is 0 Å². The molecule has 0 radical (unpaired) electrons. The maximum Gasteiger partial charge on any atom is 0.0484 e. The second kappa shape index (κ2) is 4.43. The fourth-order valence-corrected chi connectivity index (χ4v) is 2.34. The highest BCUT2D eigenvalue weighted by molar-refractivity contribution is 5.02. The minimum absolute atomic E-state index is 0.148. The number of hydrogen-bond donors (Lipinski definition) is 2. The molecule has 80 valence electrons. The van der Waals surface area contributed by atoms with Crippen LogP contribution in [0.4, 0.5) is 0 Å². The second-order valence-electron chi connectivity index (χ2n) is 4.38. The Hall–Kier alpha value is -0.380. The van der Waals surface area contributed by atoms with Crippen LogP contribution >= 0.6 is 0 Å². The van der Waals surface area contributed by atoms with Crippen LogP contribution in [0.1, 0.15) is 25.7 Å². The van der Waals surface area contributed by atoms with E-state index in [0.717, 1.165) is 45.4 Å². The Bertz CT molecular complexity index is 201. The van der Waals surface area contributed by atoms with Crippen molar-refractivity contribution < 1.29 is 4.74 Å². The average molecular weight is 196 g/mol. The normalized spacial score (nSPS) is 26.9. The topological polar surface area (TPSA) is 47.3 Å². The maximum atomic E-state index is 5.88. The van der Waals surface area contributed by atoms with Crippen molar-refractivity contribution >= 4 is 0 Å². The molecule has 3 N–H and O–H groups in total.